The van der Waals surface area contributed by atoms with Crippen molar-refractivity contribution in [2.45, 2.75) is 38.6 Å². The Morgan fingerprint density at radius 3 is 2.58 bits per heavy atom. The van der Waals surface area contributed by atoms with E-state index in [1.165, 1.54) is 0 Å². The Hall–Kier alpha value is -1.11. The van der Waals surface area contributed by atoms with Crippen LogP contribution < -0.4 is 0 Å². The zero-order valence-corrected chi connectivity index (χ0v) is 12.1. The van der Waals surface area contributed by atoms with Crippen LogP contribution in [0.4, 0.5) is 0 Å². The minimum Gasteiger partial charge on any atom is -0.341 e. The predicted molar refractivity (Wildman–Crippen MR) is 69.7 cm³/mol. The minimum absolute atomic E-state index is 0.132. The molecule has 0 aromatic heterocycles. The van der Waals surface area contributed by atoms with Gasteiger partial charge in [0, 0.05) is 19.5 Å². The molecule has 2 amide bonds. The highest BCUT2D eigenvalue weighted by Crippen LogP contribution is 2.25. The first-order valence-corrected chi connectivity index (χ1v) is 8.46. The lowest BCUT2D eigenvalue weighted by Crippen LogP contribution is -2.51. The van der Waals surface area contributed by atoms with Crippen LogP contribution in [0.15, 0.2) is 0 Å². The quantitative estimate of drug-likeness (QED) is 0.727. The van der Waals surface area contributed by atoms with Gasteiger partial charge in [-0.2, -0.15) is 0 Å². The molecule has 6 nitrogen and oxygen atoms in total. The smallest absolute Gasteiger partial charge is 0.246 e. The standard InChI is InChI=1S/C12H20N2O4S/c1-9-4-3-7-13(8-9)12(16)10-5-6-11(15)14(10)19(2,17)18/h9-10H,3-8H2,1-2H3. The average molecular weight is 288 g/mol. The van der Waals surface area contributed by atoms with Crippen LogP contribution in [0.2, 0.25) is 0 Å². The van der Waals surface area contributed by atoms with E-state index >= 15 is 0 Å². The first kappa shape index (κ1) is 14.3. The van der Waals surface area contributed by atoms with Crippen molar-refractivity contribution in [2.75, 3.05) is 19.3 Å². The molecule has 2 fully saturated rings. The molecule has 2 saturated heterocycles. The Bertz CT molecular complexity index is 488. The third-order valence-corrected chi connectivity index (χ3v) is 4.94. The van der Waals surface area contributed by atoms with Gasteiger partial charge in [-0.1, -0.05) is 6.92 Å². The summed E-state index contributed by atoms with van der Waals surface area (Å²) in [7, 11) is -3.66. The van der Waals surface area contributed by atoms with Gasteiger partial charge in [0.15, 0.2) is 0 Å². The molecule has 0 aromatic carbocycles. The van der Waals surface area contributed by atoms with E-state index in [1.807, 2.05) is 0 Å². The lowest BCUT2D eigenvalue weighted by Gasteiger charge is -2.34. The van der Waals surface area contributed by atoms with Crippen molar-refractivity contribution in [2.24, 2.45) is 5.92 Å². The van der Waals surface area contributed by atoms with Gasteiger partial charge in [0.25, 0.3) is 0 Å². The largest absolute Gasteiger partial charge is 0.341 e. The number of hydrogen-bond donors (Lipinski definition) is 0. The Kier molecular flexibility index (Phi) is 3.85. The third-order valence-electron chi connectivity index (χ3n) is 3.77. The molecule has 19 heavy (non-hydrogen) atoms. The van der Waals surface area contributed by atoms with Crippen molar-refractivity contribution in [1.29, 1.82) is 0 Å². The van der Waals surface area contributed by atoms with Gasteiger partial charge in [-0.15, -0.1) is 0 Å². The molecule has 0 saturated carbocycles. The summed E-state index contributed by atoms with van der Waals surface area (Å²) >= 11 is 0. The van der Waals surface area contributed by atoms with E-state index in [-0.39, 0.29) is 12.3 Å². The number of piperidine rings is 1. The number of carbonyl (C=O) groups excluding carboxylic acids is 2. The molecule has 0 spiro atoms. The van der Waals surface area contributed by atoms with Crippen molar-refractivity contribution in [3.05, 3.63) is 0 Å². The second-order valence-electron chi connectivity index (χ2n) is 5.54. The summed E-state index contributed by atoms with van der Waals surface area (Å²) in [6.45, 7) is 3.39. The van der Waals surface area contributed by atoms with Crippen LogP contribution in [0.1, 0.15) is 32.6 Å². The second-order valence-corrected chi connectivity index (χ2v) is 7.40. The molecule has 0 radical (unpaired) electrons. The number of rotatable bonds is 2. The molecule has 0 bridgehead atoms. The van der Waals surface area contributed by atoms with Crippen molar-refractivity contribution in [1.82, 2.24) is 9.21 Å². The maximum absolute atomic E-state index is 12.4. The molecule has 2 unspecified atom stereocenters. The Balaban J connectivity index is 2.16. The topological polar surface area (TPSA) is 74.8 Å². The van der Waals surface area contributed by atoms with Crippen LogP contribution in [-0.2, 0) is 19.6 Å². The predicted octanol–water partition coefficient (Wildman–Crippen LogP) is 0.196. The Morgan fingerprint density at radius 2 is 2.00 bits per heavy atom. The number of amides is 2. The Morgan fingerprint density at radius 1 is 1.32 bits per heavy atom. The summed E-state index contributed by atoms with van der Waals surface area (Å²) in [5.74, 6) is -0.254. The highest BCUT2D eigenvalue weighted by atomic mass is 32.2. The molecule has 0 aliphatic carbocycles. The van der Waals surface area contributed by atoms with Gasteiger partial charge in [0.05, 0.1) is 6.26 Å². The van der Waals surface area contributed by atoms with Crippen molar-refractivity contribution in [3.8, 4) is 0 Å². The average Bonchev–Trinajstić information content (AvgIpc) is 2.70. The van der Waals surface area contributed by atoms with E-state index in [9.17, 15) is 18.0 Å². The maximum atomic E-state index is 12.4. The molecule has 0 aromatic rings. The fourth-order valence-corrected chi connectivity index (χ4v) is 4.02. The fourth-order valence-electron chi connectivity index (χ4n) is 2.90. The van der Waals surface area contributed by atoms with Gasteiger partial charge in [-0.25, -0.2) is 12.7 Å². The summed E-state index contributed by atoms with van der Waals surface area (Å²) in [5.41, 5.74) is 0. The van der Waals surface area contributed by atoms with E-state index in [1.54, 1.807) is 4.90 Å². The van der Waals surface area contributed by atoms with E-state index < -0.39 is 22.0 Å². The number of likely N-dealkylation sites (tertiary alicyclic amines) is 1. The minimum atomic E-state index is -3.66. The number of carbonyl (C=O) groups is 2. The third kappa shape index (κ3) is 2.91. The van der Waals surface area contributed by atoms with Gasteiger partial charge in [-0.05, 0) is 25.2 Å². The molecule has 2 rings (SSSR count). The molecule has 2 atom stereocenters. The fraction of sp³-hybridized carbons (Fsp3) is 0.833. The normalized spacial score (nSPS) is 28.8. The highest BCUT2D eigenvalue weighted by molar-refractivity contribution is 7.89. The zero-order chi connectivity index (χ0) is 14.2. The van der Waals surface area contributed by atoms with E-state index in [0.29, 0.717) is 25.4 Å². The molecular weight excluding hydrogens is 268 g/mol. The lowest BCUT2D eigenvalue weighted by atomic mass is 9.99. The van der Waals surface area contributed by atoms with Gasteiger partial charge >= 0.3 is 0 Å². The first-order valence-electron chi connectivity index (χ1n) is 6.61. The second kappa shape index (κ2) is 5.11. The maximum Gasteiger partial charge on any atom is 0.246 e. The molecule has 0 N–H and O–H groups in total. The molecule has 7 heteroatoms. The molecule has 108 valence electrons. The van der Waals surface area contributed by atoms with Gasteiger partial charge in [0.2, 0.25) is 21.8 Å². The summed E-state index contributed by atoms with van der Waals surface area (Å²) < 4.78 is 24.1. The van der Waals surface area contributed by atoms with Crippen molar-refractivity contribution >= 4 is 21.8 Å². The van der Waals surface area contributed by atoms with Crippen LogP contribution in [0.3, 0.4) is 0 Å². The van der Waals surface area contributed by atoms with E-state index in [0.717, 1.165) is 23.4 Å². The molecule has 2 aliphatic heterocycles. The molecular formula is C12H20N2O4S. The van der Waals surface area contributed by atoms with Crippen LogP contribution in [0.25, 0.3) is 0 Å². The van der Waals surface area contributed by atoms with E-state index in [2.05, 4.69) is 6.92 Å². The zero-order valence-electron chi connectivity index (χ0n) is 11.3. The van der Waals surface area contributed by atoms with Crippen molar-refractivity contribution < 1.29 is 18.0 Å². The lowest BCUT2D eigenvalue weighted by molar-refractivity contribution is -0.139. The van der Waals surface area contributed by atoms with Gasteiger partial charge in [-0.3, -0.25) is 9.59 Å². The molecule has 2 heterocycles. The SMILES string of the molecule is CC1CCCN(C(=O)C2CCC(=O)N2S(C)(=O)=O)C1. The van der Waals surface area contributed by atoms with Gasteiger partial charge < -0.3 is 4.90 Å². The van der Waals surface area contributed by atoms with Crippen LogP contribution in [0, 0.1) is 5.92 Å². The first-order chi connectivity index (χ1) is 8.80. The summed E-state index contributed by atoms with van der Waals surface area (Å²) in [6.07, 6.45) is 3.44. The van der Waals surface area contributed by atoms with Crippen LogP contribution in [0.5, 0.6) is 0 Å². The van der Waals surface area contributed by atoms with Crippen LogP contribution in [-0.4, -0.2) is 54.8 Å². The summed E-state index contributed by atoms with van der Waals surface area (Å²) in [4.78, 5) is 25.8. The van der Waals surface area contributed by atoms with Crippen LogP contribution >= 0.6 is 0 Å². The monoisotopic (exact) mass is 288 g/mol. The summed E-state index contributed by atoms with van der Waals surface area (Å²) in [5, 5.41) is 0. The number of hydrogen-bond acceptors (Lipinski definition) is 4. The van der Waals surface area contributed by atoms with E-state index in [4.69, 9.17) is 0 Å². The Labute approximate surface area is 113 Å². The summed E-state index contributed by atoms with van der Waals surface area (Å²) in [6, 6.07) is -0.826. The molecule has 2 aliphatic rings. The van der Waals surface area contributed by atoms with Gasteiger partial charge in [0.1, 0.15) is 6.04 Å². The number of nitrogens with zero attached hydrogens (tertiary/aromatic N) is 2. The number of sulfonamides is 1. The van der Waals surface area contributed by atoms with Crippen molar-refractivity contribution in [3.63, 3.8) is 0 Å². The highest BCUT2D eigenvalue weighted by Gasteiger charge is 2.43.